The minimum Gasteiger partial charge on any atom is -0.339 e. The smallest absolute Gasteiger partial charge is 0.245 e. The van der Waals surface area contributed by atoms with Gasteiger partial charge < -0.3 is 10.2 Å². The lowest BCUT2D eigenvalue weighted by Crippen LogP contribution is -2.39. The number of hydrogen-bond acceptors (Lipinski definition) is 4. The third-order valence-electron chi connectivity index (χ3n) is 4.12. The zero-order valence-electron chi connectivity index (χ0n) is 13.0. The van der Waals surface area contributed by atoms with E-state index in [9.17, 15) is 0 Å². The lowest BCUT2D eigenvalue weighted by Gasteiger charge is -2.29. The first-order valence-corrected chi connectivity index (χ1v) is 8.05. The van der Waals surface area contributed by atoms with Crippen LogP contribution in [0.25, 0.3) is 5.65 Å². The summed E-state index contributed by atoms with van der Waals surface area (Å²) in [6.07, 6.45) is 5.75. The summed E-state index contributed by atoms with van der Waals surface area (Å²) in [5.74, 6) is 1.58. The van der Waals surface area contributed by atoms with E-state index in [4.69, 9.17) is 4.98 Å². The molecule has 0 bridgehead atoms. The number of nitrogens with zero attached hydrogens (tertiary/aromatic N) is 4. The Bertz CT molecular complexity index is 585. The van der Waals surface area contributed by atoms with Crippen LogP contribution in [0.15, 0.2) is 18.3 Å². The van der Waals surface area contributed by atoms with Crippen molar-refractivity contribution < 1.29 is 0 Å². The van der Waals surface area contributed by atoms with Gasteiger partial charge >= 0.3 is 0 Å². The van der Waals surface area contributed by atoms with Crippen LogP contribution in [-0.2, 0) is 0 Å². The summed E-state index contributed by atoms with van der Waals surface area (Å²) >= 11 is 0. The van der Waals surface area contributed by atoms with Crippen LogP contribution in [-0.4, -0.2) is 40.8 Å². The predicted octanol–water partition coefficient (Wildman–Crippen LogP) is 2.25. The van der Waals surface area contributed by atoms with Crippen molar-refractivity contribution in [3.8, 4) is 0 Å². The molecule has 114 valence electrons. The number of hydrogen-bond donors (Lipinski definition) is 1. The lowest BCUT2D eigenvalue weighted by atomic mass is 9.99. The minimum atomic E-state index is 0.707. The normalized spacial score (nSPS) is 19.0. The van der Waals surface area contributed by atoms with Crippen molar-refractivity contribution in [1.82, 2.24) is 19.9 Å². The van der Waals surface area contributed by atoms with Gasteiger partial charge in [-0.25, -0.2) is 4.52 Å². The Balaban J connectivity index is 1.80. The van der Waals surface area contributed by atoms with Gasteiger partial charge in [-0.1, -0.05) is 13.0 Å². The molecule has 0 spiro atoms. The van der Waals surface area contributed by atoms with Gasteiger partial charge in [-0.2, -0.15) is 4.98 Å². The fraction of sp³-hybridized carbons (Fsp3) is 0.625. The molecule has 1 unspecified atom stereocenters. The number of anilines is 1. The Hall–Kier alpha value is -1.62. The molecule has 1 aliphatic rings. The molecule has 1 aliphatic heterocycles. The van der Waals surface area contributed by atoms with Crippen molar-refractivity contribution in [2.45, 2.75) is 33.1 Å². The molecule has 1 saturated heterocycles. The van der Waals surface area contributed by atoms with E-state index in [-0.39, 0.29) is 0 Å². The van der Waals surface area contributed by atoms with E-state index < -0.39 is 0 Å². The van der Waals surface area contributed by atoms with Crippen molar-refractivity contribution in [3.63, 3.8) is 0 Å². The van der Waals surface area contributed by atoms with Crippen molar-refractivity contribution in [2.75, 3.05) is 31.1 Å². The van der Waals surface area contributed by atoms with E-state index in [0.29, 0.717) is 5.92 Å². The first-order valence-electron chi connectivity index (χ1n) is 8.05. The van der Waals surface area contributed by atoms with Crippen LogP contribution >= 0.6 is 0 Å². The largest absolute Gasteiger partial charge is 0.339 e. The maximum Gasteiger partial charge on any atom is 0.245 e. The van der Waals surface area contributed by atoms with Crippen molar-refractivity contribution in [3.05, 3.63) is 23.9 Å². The Morgan fingerprint density at radius 3 is 3.10 bits per heavy atom. The molecule has 0 aromatic carbocycles. The van der Waals surface area contributed by atoms with Crippen LogP contribution in [0.3, 0.4) is 0 Å². The minimum absolute atomic E-state index is 0.707. The second kappa shape index (κ2) is 6.43. The van der Waals surface area contributed by atoms with E-state index in [1.165, 1.54) is 18.4 Å². The highest BCUT2D eigenvalue weighted by atomic mass is 15.4. The quantitative estimate of drug-likeness (QED) is 0.916. The molecule has 3 rings (SSSR count). The van der Waals surface area contributed by atoms with Gasteiger partial charge in [-0.3, -0.25) is 0 Å². The summed E-state index contributed by atoms with van der Waals surface area (Å²) in [4.78, 5) is 7.04. The molecular formula is C16H25N5. The van der Waals surface area contributed by atoms with Gasteiger partial charge in [0, 0.05) is 19.3 Å². The molecule has 1 fully saturated rings. The molecular weight excluding hydrogens is 262 g/mol. The van der Waals surface area contributed by atoms with Crippen LogP contribution in [0, 0.1) is 12.8 Å². The van der Waals surface area contributed by atoms with Crippen molar-refractivity contribution in [2.24, 2.45) is 5.92 Å². The lowest BCUT2D eigenvalue weighted by molar-refractivity contribution is 0.375. The summed E-state index contributed by atoms with van der Waals surface area (Å²) in [6, 6.07) is 4.13. The molecule has 1 N–H and O–H groups in total. The molecule has 2 aromatic rings. The zero-order chi connectivity index (χ0) is 14.7. The number of aromatic nitrogens is 3. The standard InChI is InChI=1S/C16H25N5/c1-3-9-20(12-14-5-4-8-17-10-14)16-18-15-7-6-13(2)11-21(15)19-16/h6-7,11,14,17H,3-5,8-10,12H2,1-2H3. The highest BCUT2D eigenvalue weighted by Crippen LogP contribution is 2.17. The average Bonchev–Trinajstić information content (AvgIpc) is 2.91. The van der Waals surface area contributed by atoms with E-state index in [1.807, 2.05) is 16.8 Å². The van der Waals surface area contributed by atoms with Crippen LogP contribution in [0.4, 0.5) is 5.95 Å². The fourth-order valence-electron chi connectivity index (χ4n) is 3.04. The molecule has 21 heavy (non-hydrogen) atoms. The first kappa shape index (κ1) is 14.3. The number of rotatable bonds is 5. The third-order valence-corrected chi connectivity index (χ3v) is 4.12. The summed E-state index contributed by atoms with van der Waals surface area (Å²) in [7, 11) is 0. The number of nitrogens with one attached hydrogen (secondary N) is 1. The molecule has 0 amide bonds. The van der Waals surface area contributed by atoms with Gasteiger partial charge in [0.2, 0.25) is 5.95 Å². The van der Waals surface area contributed by atoms with Crippen molar-refractivity contribution >= 4 is 11.6 Å². The Morgan fingerprint density at radius 2 is 2.33 bits per heavy atom. The third kappa shape index (κ3) is 3.35. The maximum absolute atomic E-state index is 4.70. The second-order valence-electron chi connectivity index (χ2n) is 6.08. The van der Waals surface area contributed by atoms with Crippen LogP contribution in [0.1, 0.15) is 31.7 Å². The molecule has 2 aromatic heterocycles. The Morgan fingerprint density at radius 1 is 1.43 bits per heavy atom. The summed E-state index contributed by atoms with van der Waals surface area (Å²) in [5, 5.41) is 8.16. The highest BCUT2D eigenvalue weighted by Gasteiger charge is 2.19. The van der Waals surface area contributed by atoms with Crippen molar-refractivity contribution in [1.29, 1.82) is 0 Å². The van der Waals surface area contributed by atoms with Crippen LogP contribution in [0.5, 0.6) is 0 Å². The molecule has 5 nitrogen and oxygen atoms in total. The zero-order valence-corrected chi connectivity index (χ0v) is 13.0. The molecule has 1 atom stereocenters. The first-order chi connectivity index (χ1) is 10.3. The SMILES string of the molecule is CCCN(CC1CCCNC1)c1nc2ccc(C)cn2n1. The van der Waals surface area contributed by atoms with Gasteiger partial charge in [0.15, 0.2) is 5.65 Å². The molecule has 3 heterocycles. The fourth-order valence-corrected chi connectivity index (χ4v) is 3.04. The van der Waals surface area contributed by atoms with E-state index in [2.05, 4.69) is 35.2 Å². The number of pyridine rings is 1. The Labute approximate surface area is 126 Å². The molecule has 5 heteroatoms. The number of piperidine rings is 1. The van der Waals surface area contributed by atoms with Gasteiger partial charge in [0.25, 0.3) is 0 Å². The predicted molar refractivity (Wildman–Crippen MR) is 85.8 cm³/mol. The van der Waals surface area contributed by atoms with Crippen LogP contribution in [0.2, 0.25) is 0 Å². The monoisotopic (exact) mass is 287 g/mol. The number of aryl methyl sites for hydroxylation is 1. The average molecular weight is 287 g/mol. The Kier molecular flexibility index (Phi) is 4.39. The second-order valence-corrected chi connectivity index (χ2v) is 6.08. The summed E-state index contributed by atoms with van der Waals surface area (Å²) in [5.41, 5.74) is 2.14. The topological polar surface area (TPSA) is 45.5 Å². The van der Waals surface area contributed by atoms with Gasteiger partial charge in [0.05, 0.1) is 0 Å². The van der Waals surface area contributed by atoms with Crippen LogP contribution < -0.4 is 10.2 Å². The molecule has 0 saturated carbocycles. The molecule has 0 radical (unpaired) electrons. The molecule has 0 aliphatic carbocycles. The highest BCUT2D eigenvalue weighted by molar-refractivity contribution is 5.45. The van der Waals surface area contributed by atoms with Gasteiger partial charge in [-0.05, 0) is 56.8 Å². The van der Waals surface area contributed by atoms with Gasteiger partial charge in [0.1, 0.15) is 0 Å². The summed E-state index contributed by atoms with van der Waals surface area (Å²) < 4.78 is 1.90. The maximum atomic E-state index is 4.70. The van der Waals surface area contributed by atoms with Gasteiger partial charge in [-0.15, -0.1) is 5.10 Å². The number of fused-ring (bicyclic) bond motifs is 1. The van der Waals surface area contributed by atoms with E-state index in [0.717, 1.165) is 44.2 Å². The van der Waals surface area contributed by atoms with E-state index in [1.54, 1.807) is 0 Å². The van der Waals surface area contributed by atoms with E-state index >= 15 is 0 Å². The summed E-state index contributed by atoms with van der Waals surface area (Å²) in [6.45, 7) is 8.65.